The number of anilines is 1. The Bertz CT molecular complexity index is 1340. The van der Waals surface area contributed by atoms with Crippen molar-refractivity contribution in [1.82, 2.24) is 29.7 Å². The fraction of sp³-hybridized carbons (Fsp3) is 0.440. The number of amides is 1. The van der Waals surface area contributed by atoms with Crippen molar-refractivity contribution in [3.63, 3.8) is 0 Å². The van der Waals surface area contributed by atoms with E-state index in [4.69, 9.17) is 10.1 Å². The first kappa shape index (κ1) is 20.2. The summed E-state index contributed by atoms with van der Waals surface area (Å²) in [6, 6.07) is 7.73. The average molecular weight is 444 g/mol. The van der Waals surface area contributed by atoms with Crippen LogP contribution >= 0.6 is 0 Å². The maximum atomic E-state index is 13.7. The summed E-state index contributed by atoms with van der Waals surface area (Å²) in [4.78, 5) is 23.0. The van der Waals surface area contributed by atoms with Crippen LogP contribution in [0.1, 0.15) is 60.3 Å². The van der Waals surface area contributed by atoms with Crippen molar-refractivity contribution in [1.29, 1.82) is 0 Å². The van der Waals surface area contributed by atoms with Gasteiger partial charge in [0.05, 0.1) is 22.8 Å². The Hall–Kier alpha value is -3.42. The Morgan fingerprint density at radius 1 is 1.18 bits per heavy atom. The van der Waals surface area contributed by atoms with E-state index in [1.807, 2.05) is 27.6 Å². The number of fused-ring (bicyclic) bond motifs is 2. The van der Waals surface area contributed by atoms with Crippen molar-refractivity contribution in [2.24, 2.45) is 5.92 Å². The molecule has 1 aromatic carbocycles. The number of aromatic amines is 1. The van der Waals surface area contributed by atoms with Crippen molar-refractivity contribution in [2.45, 2.75) is 45.6 Å². The Morgan fingerprint density at radius 2 is 2.09 bits per heavy atom. The van der Waals surface area contributed by atoms with E-state index in [1.54, 1.807) is 6.20 Å². The second-order valence-corrected chi connectivity index (χ2v) is 9.59. The quantitative estimate of drug-likeness (QED) is 0.515. The first-order chi connectivity index (χ1) is 16.1. The molecule has 2 fully saturated rings. The van der Waals surface area contributed by atoms with E-state index in [0.29, 0.717) is 11.5 Å². The van der Waals surface area contributed by atoms with Gasteiger partial charge in [0.1, 0.15) is 5.82 Å². The molecule has 0 spiro atoms. The third-order valence-corrected chi connectivity index (χ3v) is 7.16. The number of hydrogen-bond acceptors (Lipinski definition) is 5. The van der Waals surface area contributed by atoms with Gasteiger partial charge in [-0.15, -0.1) is 0 Å². The van der Waals surface area contributed by atoms with Crippen LogP contribution in [0.2, 0.25) is 0 Å². The van der Waals surface area contributed by atoms with Crippen LogP contribution in [0.3, 0.4) is 0 Å². The standard InChI is InChI=1S/C25H29N7O/c1-16-9-11-30(14-16)24-17(2)15-32-23(27-24)12-21(29-32)22-8-3-4-10-31(22)25(33)18-6-5-7-20-19(18)13-26-28-20/h5-7,12-13,15-16,22H,3-4,8-11,14H2,1-2H3,(H,26,28)/t16-,22-/m0/s1. The van der Waals surface area contributed by atoms with Gasteiger partial charge in [0.15, 0.2) is 5.65 Å². The molecule has 2 aliphatic heterocycles. The van der Waals surface area contributed by atoms with Gasteiger partial charge in [-0.3, -0.25) is 9.89 Å². The number of nitrogens with zero attached hydrogens (tertiary/aromatic N) is 6. The fourth-order valence-electron chi connectivity index (χ4n) is 5.42. The molecule has 2 aliphatic rings. The first-order valence-corrected chi connectivity index (χ1v) is 11.9. The molecule has 0 saturated carbocycles. The molecule has 1 amide bonds. The number of carbonyl (C=O) groups is 1. The summed E-state index contributed by atoms with van der Waals surface area (Å²) in [5, 5.41) is 12.9. The zero-order valence-corrected chi connectivity index (χ0v) is 19.2. The van der Waals surface area contributed by atoms with Crippen molar-refractivity contribution in [2.75, 3.05) is 24.5 Å². The number of H-pyrrole nitrogens is 1. The van der Waals surface area contributed by atoms with Gasteiger partial charge in [-0.25, -0.2) is 9.50 Å². The van der Waals surface area contributed by atoms with Crippen molar-refractivity contribution >= 4 is 28.3 Å². The van der Waals surface area contributed by atoms with E-state index in [2.05, 4.69) is 41.2 Å². The summed E-state index contributed by atoms with van der Waals surface area (Å²) < 4.78 is 1.88. The highest BCUT2D eigenvalue weighted by atomic mass is 16.2. The SMILES string of the molecule is Cc1cn2nc([C@@H]3CCCCN3C(=O)c3cccc4n[nH]cc34)cc2nc1N1CC[C@H](C)C1. The van der Waals surface area contributed by atoms with Crippen molar-refractivity contribution in [3.8, 4) is 0 Å². The Kier molecular flexibility index (Phi) is 4.81. The largest absolute Gasteiger partial charge is 0.356 e. The van der Waals surface area contributed by atoms with E-state index in [1.165, 1.54) is 6.42 Å². The number of benzene rings is 1. The van der Waals surface area contributed by atoms with Crippen LogP contribution in [-0.4, -0.2) is 55.2 Å². The molecule has 2 saturated heterocycles. The molecule has 8 nitrogen and oxygen atoms in total. The molecular formula is C25H29N7O. The van der Waals surface area contributed by atoms with Crippen LogP contribution in [-0.2, 0) is 0 Å². The zero-order valence-electron chi connectivity index (χ0n) is 19.2. The number of aromatic nitrogens is 5. The van der Waals surface area contributed by atoms with Gasteiger partial charge >= 0.3 is 0 Å². The van der Waals surface area contributed by atoms with Gasteiger partial charge in [-0.2, -0.15) is 10.2 Å². The van der Waals surface area contributed by atoms with Gasteiger partial charge in [0, 0.05) is 49.0 Å². The maximum absolute atomic E-state index is 13.7. The van der Waals surface area contributed by atoms with Gasteiger partial charge in [-0.05, 0) is 50.7 Å². The molecule has 6 rings (SSSR count). The summed E-state index contributed by atoms with van der Waals surface area (Å²) in [5.41, 5.74) is 4.40. The molecular weight excluding hydrogens is 414 g/mol. The van der Waals surface area contributed by atoms with E-state index in [0.717, 1.165) is 72.5 Å². The van der Waals surface area contributed by atoms with Crippen LogP contribution < -0.4 is 4.90 Å². The van der Waals surface area contributed by atoms with E-state index >= 15 is 0 Å². The van der Waals surface area contributed by atoms with Gasteiger partial charge < -0.3 is 9.80 Å². The second kappa shape index (κ2) is 7.86. The molecule has 0 unspecified atom stereocenters. The summed E-state index contributed by atoms with van der Waals surface area (Å²) in [7, 11) is 0. The van der Waals surface area contributed by atoms with Crippen LogP contribution in [0.15, 0.2) is 36.7 Å². The number of nitrogens with one attached hydrogen (secondary N) is 1. The van der Waals surface area contributed by atoms with Gasteiger partial charge in [0.25, 0.3) is 5.91 Å². The molecule has 8 heteroatoms. The molecule has 1 N–H and O–H groups in total. The molecule has 33 heavy (non-hydrogen) atoms. The fourth-order valence-corrected chi connectivity index (χ4v) is 5.42. The normalized spacial score (nSPS) is 21.4. The highest BCUT2D eigenvalue weighted by Crippen LogP contribution is 2.34. The Morgan fingerprint density at radius 3 is 2.94 bits per heavy atom. The minimum absolute atomic E-state index is 0.0413. The lowest BCUT2D eigenvalue weighted by molar-refractivity contribution is 0.0608. The van der Waals surface area contributed by atoms with Crippen LogP contribution in [0.25, 0.3) is 16.6 Å². The lowest BCUT2D eigenvalue weighted by Crippen LogP contribution is -2.38. The topological polar surface area (TPSA) is 82.4 Å². The number of aryl methyl sites for hydroxylation is 1. The smallest absolute Gasteiger partial charge is 0.255 e. The number of carbonyl (C=O) groups excluding carboxylic acids is 1. The molecule has 2 atom stereocenters. The Balaban J connectivity index is 1.35. The predicted molar refractivity (Wildman–Crippen MR) is 127 cm³/mol. The Labute approximate surface area is 192 Å². The molecule has 170 valence electrons. The number of piperidine rings is 1. The molecule has 0 radical (unpaired) electrons. The van der Waals surface area contributed by atoms with Crippen LogP contribution in [0.5, 0.6) is 0 Å². The number of likely N-dealkylation sites (tertiary alicyclic amines) is 1. The summed E-state index contributed by atoms with van der Waals surface area (Å²) in [5.74, 6) is 1.80. The lowest BCUT2D eigenvalue weighted by atomic mass is 9.97. The third-order valence-electron chi connectivity index (χ3n) is 7.16. The molecule has 0 bridgehead atoms. The van der Waals surface area contributed by atoms with E-state index < -0.39 is 0 Å². The molecule has 0 aliphatic carbocycles. The summed E-state index contributed by atoms with van der Waals surface area (Å²) in [6.07, 6.45) is 8.09. The first-order valence-electron chi connectivity index (χ1n) is 11.9. The third kappa shape index (κ3) is 3.44. The van der Waals surface area contributed by atoms with E-state index in [9.17, 15) is 4.79 Å². The summed E-state index contributed by atoms with van der Waals surface area (Å²) >= 11 is 0. The summed E-state index contributed by atoms with van der Waals surface area (Å²) in [6.45, 7) is 7.23. The zero-order chi connectivity index (χ0) is 22.5. The molecule has 5 heterocycles. The van der Waals surface area contributed by atoms with Gasteiger partial charge in [-0.1, -0.05) is 13.0 Å². The van der Waals surface area contributed by atoms with Crippen LogP contribution in [0.4, 0.5) is 5.82 Å². The number of hydrogen-bond donors (Lipinski definition) is 1. The average Bonchev–Trinajstić information content (AvgIpc) is 3.57. The second-order valence-electron chi connectivity index (χ2n) is 9.59. The highest BCUT2D eigenvalue weighted by molar-refractivity contribution is 6.06. The van der Waals surface area contributed by atoms with Crippen LogP contribution in [0, 0.1) is 12.8 Å². The van der Waals surface area contributed by atoms with Gasteiger partial charge in [0.2, 0.25) is 0 Å². The molecule has 3 aromatic heterocycles. The predicted octanol–water partition coefficient (Wildman–Crippen LogP) is 4.13. The van der Waals surface area contributed by atoms with E-state index in [-0.39, 0.29) is 11.9 Å². The number of rotatable bonds is 3. The minimum Gasteiger partial charge on any atom is -0.356 e. The monoisotopic (exact) mass is 443 g/mol. The minimum atomic E-state index is -0.0503. The van der Waals surface area contributed by atoms with Crippen molar-refractivity contribution < 1.29 is 4.79 Å². The lowest BCUT2D eigenvalue weighted by Gasteiger charge is -2.35. The highest BCUT2D eigenvalue weighted by Gasteiger charge is 2.32. The van der Waals surface area contributed by atoms with Crippen molar-refractivity contribution in [3.05, 3.63) is 53.5 Å². The molecule has 4 aromatic rings. The maximum Gasteiger partial charge on any atom is 0.255 e.